The van der Waals surface area contributed by atoms with Crippen LogP contribution in [0.15, 0.2) is 0 Å². The predicted octanol–water partition coefficient (Wildman–Crippen LogP) is 11.5. The second-order valence-corrected chi connectivity index (χ2v) is 13.8. The normalized spacial score (nSPS) is 11.0. The van der Waals surface area contributed by atoms with Gasteiger partial charge in [0.15, 0.2) is 0 Å². The summed E-state index contributed by atoms with van der Waals surface area (Å²) in [5.41, 5.74) is 0. The molecule has 0 N–H and O–H groups in total. The largest absolute Gasteiger partial charge is 0.466 e. The van der Waals surface area contributed by atoms with Crippen LogP contribution < -0.4 is 0 Å². The lowest BCUT2D eigenvalue weighted by molar-refractivity contribution is -0.459. The van der Waals surface area contributed by atoms with Crippen molar-refractivity contribution in [2.24, 2.45) is 0 Å². The molecule has 0 aromatic heterocycles. The van der Waals surface area contributed by atoms with E-state index < -0.39 is 11.9 Å². The second kappa shape index (κ2) is 38.6. The molecule has 0 bridgehead atoms. The highest BCUT2D eigenvalue weighted by Gasteiger charge is 2.09. The molecule has 49 heavy (non-hydrogen) atoms. The molecule has 9 heteroatoms. The van der Waals surface area contributed by atoms with E-state index in [1.165, 1.54) is 142 Å². The molecular formula is C40H74O9. The number of rotatable bonds is 38. The number of unbranched alkanes of at least 4 members (excludes halogenated alkanes) is 28. The summed E-state index contributed by atoms with van der Waals surface area (Å²) in [6.07, 6.45) is 36.1. The monoisotopic (exact) mass is 699 g/mol. The average Bonchev–Trinajstić information content (AvgIpc) is 3.06. The number of hydrogen-bond donors (Lipinski definition) is 0. The molecule has 0 aliphatic carbocycles. The van der Waals surface area contributed by atoms with Crippen LogP contribution in [0.25, 0.3) is 0 Å². The highest BCUT2D eigenvalue weighted by Crippen LogP contribution is 2.16. The number of carbonyl (C=O) groups is 4. The smallest absolute Gasteiger partial charge is 0.346 e. The van der Waals surface area contributed by atoms with Crippen LogP contribution in [0.5, 0.6) is 0 Å². The zero-order valence-electron chi connectivity index (χ0n) is 31.7. The molecule has 0 radical (unpaired) electrons. The van der Waals surface area contributed by atoms with E-state index in [0.717, 1.165) is 64.2 Å². The summed E-state index contributed by atoms with van der Waals surface area (Å²) in [4.78, 5) is 54.1. The number of hydrogen-bond acceptors (Lipinski definition) is 9. The van der Waals surface area contributed by atoms with E-state index >= 15 is 0 Å². The number of carbonyl (C=O) groups excluding carboxylic acids is 4. The lowest BCUT2D eigenvalue weighted by Crippen LogP contribution is -2.10. The van der Waals surface area contributed by atoms with Crippen molar-refractivity contribution in [2.45, 2.75) is 219 Å². The van der Waals surface area contributed by atoms with Crippen LogP contribution in [0.2, 0.25) is 0 Å². The van der Waals surface area contributed by atoms with E-state index in [-0.39, 0.29) is 24.8 Å². The van der Waals surface area contributed by atoms with Crippen molar-refractivity contribution in [2.75, 3.05) is 13.2 Å². The lowest BCUT2D eigenvalue weighted by atomic mass is 10.0. The van der Waals surface area contributed by atoms with Crippen molar-refractivity contribution in [1.29, 1.82) is 0 Å². The lowest BCUT2D eigenvalue weighted by Gasteiger charge is -2.05. The Morgan fingerprint density at radius 2 is 0.510 bits per heavy atom. The van der Waals surface area contributed by atoms with E-state index in [0.29, 0.717) is 13.2 Å². The Morgan fingerprint density at radius 1 is 0.306 bits per heavy atom. The molecule has 0 aromatic carbocycles. The van der Waals surface area contributed by atoms with Gasteiger partial charge in [0.1, 0.15) is 0 Å². The van der Waals surface area contributed by atoms with Crippen LogP contribution in [-0.4, -0.2) is 37.1 Å². The molecule has 0 spiro atoms. The highest BCUT2D eigenvalue weighted by molar-refractivity contribution is 5.69. The van der Waals surface area contributed by atoms with E-state index in [1.807, 2.05) is 0 Å². The van der Waals surface area contributed by atoms with E-state index in [1.54, 1.807) is 0 Å². The second-order valence-electron chi connectivity index (χ2n) is 13.8. The minimum absolute atomic E-state index is 0.184. The first-order valence-corrected chi connectivity index (χ1v) is 20.3. The third kappa shape index (κ3) is 41.9. The molecule has 0 rings (SSSR count). The topological polar surface area (TPSA) is 114 Å². The first kappa shape index (κ1) is 46.8. The summed E-state index contributed by atoms with van der Waals surface area (Å²) in [7, 11) is 0. The van der Waals surface area contributed by atoms with Crippen molar-refractivity contribution in [1.82, 2.24) is 0 Å². The summed E-state index contributed by atoms with van der Waals surface area (Å²) in [6, 6.07) is 0. The standard InChI is InChI=1S/C40H74O9/c1-37(41)45-35-31-27-23-19-15-11-7-3-5-9-13-17-21-25-29-33-39(43)47-49-48-40(44)34-30-26-22-18-14-10-6-4-8-12-16-20-24-28-32-36-46-38(2)42/h3-36H2,1-2H3. The van der Waals surface area contributed by atoms with Gasteiger partial charge in [-0.2, -0.15) is 0 Å². The van der Waals surface area contributed by atoms with Gasteiger partial charge >= 0.3 is 23.9 Å². The van der Waals surface area contributed by atoms with Gasteiger partial charge in [-0.25, -0.2) is 9.59 Å². The predicted molar refractivity (Wildman–Crippen MR) is 194 cm³/mol. The summed E-state index contributed by atoms with van der Waals surface area (Å²) < 4.78 is 9.89. The molecule has 0 aliphatic heterocycles. The van der Waals surface area contributed by atoms with Gasteiger partial charge in [0, 0.05) is 31.7 Å². The molecule has 0 saturated heterocycles. The molecule has 0 fully saturated rings. The van der Waals surface area contributed by atoms with Gasteiger partial charge in [-0.1, -0.05) is 167 Å². The Kier molecular flexibility index (Phi) is 36.9. The van der Waals surface area contributed by atoms with Crippen LogP contribution >= 0.6 is 0 Å². The molecule has 288 valence electrons. The van der Waals surface area contributed by atoms with E-state index in [2.05, 4.69) is 14.8 Å². The minimum Gasteiger partial charge on any atom is -0.466 e. The zero-order valence-corrected chi connectivity index (χ0v) is 31.7. The van der Waals surface area contributed by atoms with Gasteiger partial charge in [0.05, 0.1) is 13.2 Å². The fourth-order valence-corrected chi connectivity index (χ4v) is 5.95. The van der Waals surface area contributed by atoms with Gasteiger partial charge in [0.25, 0.3) is 0 Å². The summed E-state index contributed by atoms with van der Waals surface area (Å²) >= 11 is 0. The van der Waals surface area contributed by atoms with Crippen molar-refractivity contribution < 1.29 is 43.5 Å². The third-order valence-corrected chi connectivity index (χ3v) is 8.92. The Morgan fingerprint density at radius 3 is 0.735 bits per heavy atom. The van der Waals surface area contributed by atoms with Crippen molar-refractivity contribution in [3.05, 3.63) is 0 Å². The minimum atomic E-state index is -0.501. The van der Waals surface area contributed by atoms with Crippen LogP contribution in [0.3, 0.4) is 0 Å². The van der Waals surface area contributed by atoms with Gasteiger partial charge < -0.3 is 9.47 Å². The molecular weight excluding hydrogens is 624 g/mol. The van der Waals surface area contributed by atoms with E-state index in [9.17, 15) is 19.2 Å². The summed E-state index contributed by atoms with van der Waals surface area (Å²) in [5, 5.41) is 4.41. The Labute approximate surface area is 299 Å². The number of esters is 2. The molecule has 0 aliphatic rings. The fourth-order valence-electron chi connectivity index (χ4n) is 5.95. The van der Waals surface area contributed by atoms with Crippen LogP contribution in [0.1, 0.15) is 219 Å². The fraction of sp³-hybridized carbons (Fsp3) is 0.900. The third-order valence-electron chi connectivity index (χ3n) is 8.92. The SMILES string of the molecule is CC(=O)OCCCCCCCCCCCCCCCCCC(=O)OOOC(=O)CCCCCCCCCCCCCCCCCOC(C)=O. The molecule has 0 amide bonds. The Hall–Kier alpha value is -2.16. The van der Waals surface area contributed by atoms with Crippen LogP contribution in [0.4, 0.5) is 0 Å². The van der Waals surface area contributed by atoms with Gasteiger partial charge in [-0.15, -0.1) is 0 Å². The van der Waals surface area contributed by atoms with Gasteiger partial charge in [-0.05, 0) is 25.7 Å². The quantitative estimate of drug-likeness (QED) is 0.0269. The van der Waals surface area contributed by atoms with Crippen molar-refractivity contribution in [3.63, 3.8) is 0 Å². The zero-order chi connectivity index (χ0) is 35.9. The molecule has 0 heterocycles. The molecule has 0 saturated carbocycles. The van der Waals surface area contributed by atoms with Gasteiger partial charge in [0.2, 0.25) is 0 Å². The molecule has 0 aromatic rings. The Balaban J connectivity index is 3.26. The van der Waals surface area contributed by atoms with E-state index in [4.69, 9.17) is 9.47 Å². The first-order chi connectivity index (χ1) is 23.9. The molecule has 0 unspecified atom stereocenters. The Bertz CT molecular complexity index is 709. The first-order valence-electron chi connectivity index (χ1n) is 20.3. The van der Waals surface area contributed by atoms with Gasteiger partial charge in [-0.3, -0.25) is 19.4 Å². The number of ether oxygens (including phenoxy) is 2. The summed E-state index contributed by atoms with van der Waals surface area (Å²) in [6.45, 7) is 4.04. The molecule has 0 atom stereocenters. The summed E-state index contributed by atoms with van der Waals surface area (Å²) in [5.74, 6) is -1.37. The van der Waals surface area contributed by atoms with Crippen molar-refractivity contribution in [3.8, 4) is 0 Å². The maximum absolute atomic E-state index is 11.8. The van der Waals surface area contributed by atoms with Crippen LogP contribution in [0, 0.1) is 0 Å². The highest BCUT2D eigenvalue weighted by atomic mass is 17.5. The maximum Gasteiger partial charge on any atom is 0.346 e. The maximum atomic E-state index is 11.8. The average molecular weight is 699 g/mol. The van der Waals surface area contributed by atoms with Crippen molar-refractivity contribution >= 4 is 23.9 Å². The molecule has 9 nitrogen and oxygen atoms in total. The van der Waals surface area contributed by atoms with Crippen LogP contribution in [-0.2, 0) is 43.5 Å².